The quantitative estimate of drug-likeness (QED) is 0.720. The number of benzene rings is 1. The molecule has 5 heteroatoms. The van der Waals surface area contributed by atoms with Crippen LogP contribution >= 0.6 is 0 Å². The second kappa shape index (κ2) is 7.73. The van der Waals surface area contributed by atoms with E-state index < -0.39 is 28.0 Å². The first-order chi connectivity index (χ1) is 9.79. The summed E-state index contributed by atoms with van der Waals surface area (Å²) in [6.45, 7) is 7.13. The molecule has 1 aromatic rings. The molecular formula is C16H24O4S. The molecule has 0 saturated carbocycles. The van der Waals surface area contributed by atoms with Crippen molar-refractivity contribution >= 4 is 9.84 Å². The summed E-state index contributed by atoms with van der Waals surface area (Å²) >= 11 is 0. The third-order valence-corrected chi connectivity index (χ3v) is 5.60. The Hall–Kier alpha value is -1.17. The van der Waals surface area contributed by atoms with Gasteiger partial charge in [0.25, 0.3) is 0 Å². The molecule has 0 saturated heterocycles. The average Bonchev–Trinajstić information content (AvgIpc) is 2.51. The van der Waals surface area contributed by atoms with E-state index in [0.29, 0.717) is 0 Å². The molecule has 1 rings (SSSR count). The Morgan fingerprint density at radius 3 is 2.29 bits per heavy atom. The predicted molar refractivity (Wildman–Crippen MR) is 83.7 cm³/mol. The van der Waals surface area contributed by atoms with Crippen molar-refractivity contribution in [3.05, 3.63) is 43.0 Å². The summed E-state index contributed by atoms with van der Waals surface area (Å²) in [5, 5.41) is 20.1. The lowest BCUT2D eigenvalue weighted by atomic mass is 9.88. The van der Waals surface area contributed by atoms with Gasteiger partial charge in [0.1, 0.15) is 0 Å². The molecule has 21 heavy (non-hydrogen) atoms. The van der Waals surface area contributed by atoms with Gasteiger partial charge in [0.15, 0.2) is 9.84 Å². The molecule has 0 aliphatic carbocycles. The van der Waals surface area contributed by atoms with Crippen LogP contribution in [0.5, 0.6) is 0 Å². The smallest absolute Gasteiger partial charge is 0.178 e. The number of aliphatic hydroxyl groups excluding tert-OH is 2. The van der Waals surface area contributed by atoms with Crippen molar-refractivity contribution < 1.29 is 18.6 Å². The third kappa shape index (κ3) is 4.95. The Morgan fingerprint density at radius 2 is 1.76 bits per heavy atom. The van der Waals surface area contributed by atoms with Gasteiger partial charge in [-0.15, -0.1) is 6.58 Å². The van der Waals surface area contributed by atoms with E-state index in [-0.39, 0.29) is 23.0 Å². The summed E-state index contributed by atoms with van der Waals surface area (Å²) in [4.78, 5) is 0.255. The van der Waals surface area contributed by atoms with Gasteiger partial charge in [-0.05, 0) is 18.6 Å². The van der Waals surface area contributed by atoms with Gasteiger partial charge in [-0.3, -0.25) is 0 Å². The van der Waals surface area contributed by atoms with Gasteiger partial charge in [0.05, 0.1) is 22.9 Å². The molecule has 0 aromatic heterocycles. The Morgan fingerprint density at radius 1 is 1.19 bits per heavy atom. The van der Waals surface area contributed by atoms with E-state index in [9.17, 15) is 18.6 Å². The molecule has 0 fully saturated rings. The molecule has 1 aromatic carbocycles. The van der Waals surface area contributed by atoms with Crippen molar-refractivity contribution in [1.29, 1.82) is 0 Å². The highest BCUT2D eigenvalue weighted by atomic mass is 32.2. The fraction of sp³-hybridized carbons (Fsp3) is 0.500. The maximum Gasteiger partial charge on any atom is 0.178 e. The molecule has 2 N–H and O–H groups in total. The van der Waals surface area contributed by atoms with Gasteiger partial charge < -0.3 is 10.2 Å². The van der Waals surface area contributed by atoms with E-state index in [0.717, 1.165) is 0 Å². The third-order valence-electron chi connectivity index (χ3n) is 3.84. The van der Waals surface area contributed by atoms with E-state index >= 15 is 0 Å². The Kier molecular flexibility index (Phi) is 6.58. The van der Waals surface area contributed by atoms with Gasteiger partial charge >= 0.3 is 0 Å². The fourth-order valence-corrected chi connectivity index (χ4v) is 3.49. The van der Waals surface area contributed by atoms with Crippen LogP contribution in [-0.2, 0) is 9.84 Å². The number of hydrogen-bond donors (Lipinski definition) is 2. The monoisotopic (exact) mass is 312 g/mol. The Bertz CT molecular complexity index is 539. The summed E-state index contributed by atoms with van der Waals surface area (Å²) in [6, 6.07) is 8.17. The number of rotatable bonds is 8. The van der Waals surface area contributed by atoms with Crippen molar-refractivity contribution in [1.82, 2.24) is 0 Å². The molecule has 4 atom stereocenters. The zero-order valence-electron chi connectivity index (χ0n) is 12.5. The van der Waals surface area contributed by atoms with E-state index in [4.69, 9.17) is 0 Å². The van der Waals surface area contributed by atoms with Gasteiger partial charge in [-0.1, -0.05) is 38.1 Å². The number of hydrogen-bond acceptors (Lipinski definition) is 4. The van der Waals surface area contributed by atoms with E-state index in [1.807, 2.05) is 6.92 Å². The van der Waals surface area contributed by atoms with Gasteiger partial charge in [0, 0.05) is 11.8 Å². The lowest BCUT2D eigenvalue weighted by molar-refractivity contribution is 0.00309. The second-order valence-electron chi connectivity index (χ2n) is 5.43. The lowest BCUT2D eigenvalue weighted by Crippen LogP contribution is -2.34. The van der Waals surface area contributed by atoms with E-state index in [1.54, 1.807) is 43.3 Å². The minimum atomic E-state index is -3.40. The molecule has 0 amide bonds. The van der Waals surface area contributed by atoms with E-state index in [1.165, 1.54) is 0 Å². The van der Waals surface area contributed by atoms with Crippen LogP contribution in [-0.4, -0.2) is 36.6 Å². The highest BCUT2D eigenvalue weighted by Crippen LogP contribution is 2.21. The van der Waals surface area contributed by atoms with Gasteiger partial charge in [-0.25, -0.2) is 8.42 Å². The highest BCUT2D eigenvalue weighted by molar-refractivity contribution is 7.91. The molecule has 0 heterocycles. The molecule has 1 unspecified atom stereocenters. The summed E-state index contributed by atoms with van der Waals surface area (Å²) in [5.74, 6) is -0.707. The van der Waals surface area contributed by atoms with E-state index in [2.05, 4.69) is 6.58 Å². The molecule has 118 valence electrons. The van der Waals surface area contributed by atoms with Gasteiger partial charge in [-0.2, -0.15) is 0 Å². The summed E-state index contributed by atoms with van der Waals surface area (Å²) in [5.41, 5.74) is 0. The standard InChI is InChI=1S/C16H24O4S/c1-4-12(2)16(18)13(3)15(17)10-11-21(19,20)14-8-6-5-7-9-14/h4-9,12-13,15-18H,1,10-11H2,2-3H3/t12-,13+,15-,16?/m1/s1. The van der Waals surface area contributed by atoms with Crippen LogP contribution in [0.25, 0.3) is 0 Å². The predicted octanol–water partition coefficient (Wildman–Crippen LogP) is 2.03. The largest absolute Gasteiger partial charge is 0.393 e. The zero-order chi connectivity index (χ0) is 16.0. The van der Waals surface area contributed by atoms with Crippen LogP contribution in [0.1, 0.15) is 20.3 Å². The fourth-order valence-electron chi connectivity index (χ4n) is 2.13. The molecule has 0 spiro atoms. The van der Waals surface area contributed by atoms with Crippen LogP contribution < -0.4 is 0 Å². The summed E-state index contributed by atoms with van der Waals surface area (Å²) < 4.78 is 24.3. The van der Waals surface area contributed by atoms with Crippen LogP contribution in [0.2, 0.25) is 0 Å². The van der Waals surface area contributed by atoms with Crippen molar-refractivity contribution in [3.63, 3.8) is 0 Å². The molecule has 0 aliphatic heterocycles. The van der Waals surface area contributed by atoms with Crippen LogP contribution in [0.4, 0.5) is 0 Å². The molecule has 0 aliphatic rings. The zero-order valence-corrected chi connectivity index (χ0v) is 13.3. The molecule has 4 nitrogen and oxygen atoms in total. The first-order valence-electron chi connectivity index (χ1n) is 7.06. The topological polar surface area (TPSA) is 74.6 Å². The van der Waals surface area contributed by atoms with Crippen molar-refractivity contribution in [2.45, 2.75) is 37.4 Å². The SMILES string of the molecule is C=C[C@@H](C)C(O)[C@@H](C)[C@H](O)CCS(=O)(=O)c1ccccc1. The maximum absolute atomic E-state index is 12.1. The lowest BCUT2D eigenvalue weighted by Gasteiger charge is -2.27. The Balaban J connectivity index is 2.64. The second-order valence-corrected chi connectivity index (χ2v) is 7.54. The van der Waals surface area contributed by atoms with Crippen molar-refractivity contribution in [2.75, 3.05) is 5.75 Å². The number of aliphatic hydroxyl groups is 2. The maximum atomic E-state index is 12.1. The molecule has 0 radical (unpaired) electrons. The summed E-state index contributed by atoms with van der Waals surface area (Å²) in [6.07, 6.45) is 0.103. The van der Waals surface area contributed by atoms with Crippen LogP contribution in [0.15, 0.2) is 47.9 Å². The van der Waals surface area contributed by atoms with Crippen molar-refractivity contribution in [3.8, 4) is 0 Å². The first kappa shape index (κ1) is 17.9. The van der Waals surface area contributed by atoms with Crippen molar-refractivity contribution in [2.24, 2.45) is 11.8 Å². The van der Waals surface area contributed by atoms with Crippen LogP contribution in [0.3, 0.4) is 0 Å². The minimum absolute atomic E-state index is 0.0965. The summed E-state index contributed by atoms with van der Waals surface area (Å²) in [7, 11) is -3.40. The van der Waals surface area contributed by atoms with Gasteiger partial charge in [0.2, 0.25) is 0 Å². The normalized spacial score (nSPS) is 17.7. The molecular weight excluding hydrogens is 288 g/mol. The first-order valence-corrected chi connectivity index (χ1v) is 8.71. The highest BCUT2D eigenvalue weighted by Gasteiger charge is 2.27. The molecule has 0 bridgehead atoms. The van der Waals surface area contributed by atoms with Crippen LogP contribution in [0, 0.1) is 11.8 Å². The average molecular weight is 312 g/mol. The number of sulfone groups is 1. The minimum Gasteiger partial charge on any atom is -0.393 e. The Labute approximate surface area is 127 Å².